The molecule has 192 valence electrons. The van der Waals surface area contributed by atoms with Crippen molar-refractivity contribution >= 4 is 50.8 Å². The lowest BCUT2D eigenvalue weighted by atomic mass is 9.57. The Morgan fingerprint density at radius 1 is 0.895 bits per heavy atom. The van der Waals surface area contributed by atoms with E-state index in [0.29, 0.717) is 22.5 Å². The number of benzene rings is 3. The molecule has 1 spiro atoms. The number of amides is 3. The highest BCUT2D eigenvalue weighted by atomic mass is 79.9. The van der Waals surface area contributed by atoms with E-state index >= 15 is 0 Å². The third-order valence-electron chi connectivity index (χ3n) is 9.12. The van der Waals surface area contributed by atoms with Crippen LogP contribution in [0.3, 0.4) is 0 Å². The van der Waals surface area contributed by atoms with Gasteiger partial charge in [0, 0.05) is 28.7 Å². The van der Waals surface area contributed by atoms with Crippen molar-refractivity contribution in [3.8, 4) is 0 Å². The Morgan fingerprint density at radius 3 is 2.18 bits per heavy atom. The number of Topliss-reactive ketones (excluding diaryl/α,β-unsaturated/α-hetero) is 1. The van der Waals surface area contributed by atoms with E-state index in [2.05, 4.69) is 15.9 Å². The van der Waals surface area contributed by atoms with Gasteiger partial charge in [-0.15, -0.1) is 0 Å². The molecule has 3 aromatic rings. The van der Waals surface area contributed by atoms with Crippen molar-refractivity contribution in [3.63, 3.8) is 0 Å². The first-order chi connectivity index (χ1) is 18.1. The molecule has 3 aromatic carbocycles. The molecule has 2 fully saturated rings. The number of rotatable bonds is 3. The average molecular weight is 571 g/mol. The molecule has 3 aliphatic rings. The molecule has 3 amide bonds. The molecule has 1 saturated heterocycles. The SMILES string of the molecule is Cc1cccc(C)c1N1C(=O)[C@@H]2C[C@H](C(=O)c3ccc(Br)cc3)[C@]3(C(=O)N(C)c4ccccc43)[C@]2(C)C1=O. The van der Waals surface area contributed by atoms with Crippen LogP contribution in [0.4, 0.5) is 11.4 Å². The van der Waals surface area contributed by atoms with Crippen LogP contribution >= 0.6 is 15.9 Å². The van der Waals surface area contributed by atoms with Crippen molar-refractivity contribution in [2.75, 3.05) is 16.8 Å². The van der Waals surface area contributed by atoms with E-state index in [1.807, 2.05) is 56.3 Å². The fraction of sp³-hybridized carbons (Fsp3) is 0.290. The second-order valence-electron chi connectivity index (χ2n) is 10.8. The molecule has 0 radical (unpaired) electrons. The van der Waals surface area contributed by atoms with Gasteiger partial charge in [0.15, 0.2) is 5.78 Å². The number of anilines is 2. The molecule has 6 nitrogen and oxygen atoms in total. The number of para-hydroxylation sites is 2. The van der Waals surface area contributed by atoms with Crippen LogP contribution in [0.5, 0.6) is 0 Å². The number of halogens is 1. The van der Waals surface area contributed by atoms with Gasteiger partial charge in [-0.1, -0.05) is 64.5 Å². The highest BCUT2D eigenvalue weighted by Crippen LogP contribution is 2.68. The van der Waals surface area contributed by atoms with Crippen LogP contribution in [-0.4, -0.2) is 30.6 Å². The van der Waals surface area contributed by atoms with Crippen molar-refractivity contribution in [2.24, 2.45) is 17.3 Å². The first kappa shape index (κ1) is 24.7. The van der Waals surface area contributed by atoms with Crippen LogP contribution in [0.15, 0.2) is 71.2 Å². The zero-order chi connectivity index (χ0) is 27.1. The minimum atomic E-state index is -1.51. The van der Waals surface area contributed by atoms with E-state index in [-0.39, 0.29) is 24.0 Å². The summed E-state index contributed by atoms with van der Waals surface area (Å²) in [6.07, 6.45) is 0.116. The monoisotopic (exact) mass is 570 g/mol. The molecule has 4 atom stereocenters. The Bertz CT molecular complexity index is 1540. The Labute approximate surface area is 229 Å². The number of aryl methyl sites for hydroxylation is 2. The number of fused-ring (bicyclic) bond motifs is 4. The van der Waals surface area contributed by atoms with E-state index in [0.717, 1.165) is 15.6 Å². The number of hydrogen-bond acceptors (Lipinski definition) is 4. The van der Waals surface area contributed by atoms with Crippen molar-refractivity contribution < 1.29 is 19.2 Å². The van der Waals surface area contributed by atoms with E-state index in [9.17, 15) is 19.2 Å². The minimum Gasteiger partial charge on any atom is -0.314 e. The molecule has 1 aliphatic carbocycles. The minimum absolute atomic E-state index is 0.116. The Morgan fingerprint density at radius 2 is 1.53 bits per heavy atom. The Hall–Kier alpha value is -3.58. The van der Waals surface area contributed by atoms with E-state index in [1.165, 1.54) is 4.90 Å². The molecule has 1 saturated carbocycles. The standard InChI is InChI=1S/C31H27BrN2O4/c1-17-8-7-9-18(2)25(17)34-27(36)23-16-22(26(35)19-12-14-20(32)15-13-19)31(30(23,3)28(34)37)21-10-5-6-11-24(21)33(4)29(31)38/h5-15,22-23H,16H2,1-4H3/t22-,23+,30+,31-/m1/s1. The van der Waals surface area contributed by atoms with Crippen LogP contribution in [0.1, 0.15) is 40.4 Å². The summed E-state index contributed by atoms with van der Waals surface area (Å²) in [5, 5.41) is 0. The molecule has 38 heavy (non-hydrogen) atoms. The van der Waals surface area contributed by atoms with Gasteiger partial charge in [0.05, 0.1) is 17.0 Å². The summed E-state index contributed by atoms with van der Waals surface area (Å²) in [5.41, 5.74) is 0.988. The summed E-state index contributed by atoms with van der Waals surface area (Å²) in [4.78, 5) is 60.3. The van der Waals surface area contributed by atoms with Crippen molar-refractivity contribution in [1.82, 2.24) is 0 Å². The zero-order valence-electron chi connectivity index (χ0n) is 21.6. The third kappa shape index (κ3) is 2.83. The maximum atomic E-state index is 14.6. The maximum Gasteiger partial charge on any atom is 0.241 e. The van der Waals surface area contributed by atoms with E-state index < -0.39 is 28.6 Å². The second-order valence-corrected chi connectivity index (χ2v) is 11.7. The number of imide groups is 1. The second kappa shape index (κ2) is 8.21. The molecule has 6 rings (SSSR count). The van der Waals surface area contributed by atoms with Crippen LogP contribution in [0.2, 0.25) is 0 Å². The highest BCUT2D eigenvalue weighted by molar-refractivity contribution is 9.10. The van der Waals surface area contributed by atoms with Gasteiger partial charge < -0.3 is 4.90 Å². The lowest BCUT2D eigenvalue weighted by Crippen LogP contribution is -2.57. The molecular formula is C31H27BrN2O4. The fourth-order valence-electron chi connectivity index (χ4n) is 7.36. The zero-order valence-corrected chi connectivity index (χ0v) is 23.2. The van der Waals surface area contributed by atoms with Gasteiger partial charge in [0.1, 0.15) is 5.41 Å². The molecule has 7 heteroatoms. The first-order valence-electron chi connectivity index (χ1n) is 12.7. The quantitative estimate of drug-likeness (QED) is 0.313. The lowest BCUT2D eigenvalue weighted by molar-refractivity contribution is -0.138. The number of nitrogens with zero attached hydrogens (tertiary/aromatic N) is 2. The number of likely N-dealkylation sites (N-methyl/N-ethyl adjacent to an activating group) is 1. The van der Waals surface area contributed by atoms with Gasteiger partial charge in [-0.25, -0.2) is 4.90 Å². The summed E-state index contributed by atoms with van der Waals surface area (Å²) in [6.45, 7) is 5.48. The number of ketones is 1. The largest absolute Gasteiger partial charge is 0.314 e. The molecule has 2 aliphatic heterocycles. The molecular weight excluding hydrogens is 544 g/mol. The fourth-order valence-corrected chi connectivity index (χ4v) is 7.62. The molecule has 2 heterocycles. The van der Waals surface area contributed by atoms with Crippen LogP contribution in [-0.2, 0) is 19.8 Å². The van der Waals surface area contributed by atoms with Gasteiger partial charge in [0.25, 0.3) is 0 Å². The molecule has 0 bridgehead atoms. The first-order valence-corrected chi connectivity index (χ1v) is 13.5. The van der Waals surface area contributed by atoms with Crippen molar-refractivity contribution in [3.05, 3.63) is 93.5 Å². The van der Waals surface area contributed by atoms with Gasteiger partial charge in [-0.05, 0) is 62.1 Å². The van der Waals surface area contributed by atoms with Crippen molar-refractivity contribution in [2.45, 2.75) is 32.6 Å². The number of carbonyl (C=O) groups excluding carboxylic acids is 4. The topological polar surface area (TPSA) is 74.8 Å². The van der Waals surface area contributed by atoms with Crippen LogP contribution in [0.25, 0.3) is 0 Å². The van der Waals surface area contributed by atoms with Crippen LogP contribution < -0.4 is 9.80 Å². The highest BCUT2D eigenvalue weighted by Gasteiger charge is 2.80. The summed E-state index contributed by atoms with van der Waals surface area (Å²) in [7, 11) is 1.68. The van der Waals surface area contributed by atoms with Gasteiger partial charge in [0.2, 0.25) is 17.7 Å². The third-order valence-corrected chi connectivity index (χ3v) is 9.65. The summed E-state index contributed by atoms with van der Waals surface area (Å²) in [6, 6.07) is 20.0. The Kier molecular flexibility index (Phi) is 5.34. The Balaban J connectivity index is 1.61. The van der Waals surface area contributed by atoms with Gasteiger partial charge in [-0.3, -0.25) is 19.2 Å². The number of hydrogen-bond donors (Lipinski definition) is 0. The van der Waals surface area contributed by atoms with Crippen LogP contribution in [0, 0.1) is 31.1 Å². The number of carbonyl (C=O) groups is 4. The summed E-state index contributed by atoms with van der Waals surface area (Å²) < 4.78 is 0.829. The molecule has 0 unspecified atom stereocenters. The normalized spacial score (nSPS) is 27.9. The smallest absolute Gasteiger partial charge is 0.241 e. The molecule has 0 aromatic heterocycles. The predicted molar refractivity (Wildman–Crippen MR) is 148 cm³/mol. The van der Waals surface area contributed by atoms with E-state index in [1.54, 1.807) is 43.1 Å². The van der Waals surface area contributed by atoms with Gasteiger partial charge >= 0.3 is 0 Å². The van der Waals surface area contributed by atoms with E-state index in [4.69, 9.17) is 0 Å². The van der Waals surface area contributed by atoms with Crippen molar-refractivity contribution in [1.29, 1.82) is 0 Å². The summed E-state index contributed by atoms with van der Waals surface area (Å²) in [5.74, 6) is -3.00. The predicted octanol–water partition coefficient (Wildman–Crippen LogP) is 5.38. The maximum absolute atomic E-state index is 14.6. The molecule has 0 N–H and O–H groups in total. The van der Waals surface area contributed by atoms with Gasteiger partial charge in [-0.2, -0.15) is 0 Å². The average Bonchev–Trinajstić information content (AvgIpc) is 3.39. The summed E-state index contributed by atoms with van der Waals surface area (Å²) >= 11 is 3.41. The lowest BCUT2D eigenvalue weighted by Gasteiger charge is -2.41.